The van der Waals surface area contributed by atoms with Crippen LogP contribution in [0.25, 0.3) is 0 Å². The molecule has 0 heterocycles. The lowest BCUT2D eigenvalue weighted by molar-refractivity contribution is -0.142. The van der Waals surface area contributed by atoms with Crippen LogP contribution in [-0.2, 0) is 25.5 Å². The number of para-hydroxylation sites is 1. The summed E-state index contributed by atoms with van der Waals surface area (Å²) >= 11 is 0. The van der Waals surface area contributed by atoms with E-state index >= 15 is 0 Å². The molecule has 0 unspecified atom stereocenters. The second kappa shape index (κ2) is 12.1. The topological polar surface area (TPSA) is 85.9 Å². The maximum Gasteiger partial charge on any atom is 0.320 e. The van der Waals surface area contributed by atoms with Gasteiger partial charge in [0, 0.05) is 0 Å². The van der Waals surface area contributed by atoms with Gasteiger partial charge in [0.2, 0.25) is 8.45 Å². The van der Waals surface area contributed by atoms with Crippen LogP contribution in [0.1, 0.15) is 57.6 Å². The number of nitrogens with one attached hydrogen (secondary N) is 2. The van der Waals surface area contributed by atoms with Crippen molar-refractivity contribution < 1.29 is 23.6 Å². The number of esters is 2. The fourth-order valence-corrected chi connectivity index (χ4v) is 4.06. The number of carbonyl (C=O) groups excluding carboxylic acids is 2. The van der Waals surface area contributed by atoms with Gasteiger partial charge < -0.3 is 14.0 Å². The number of rotatable bonds is 13. The number of carbonyl (C=O) groups is 2. The summed E-state index contributed by atoms with van der Waals surface area (Å²) in [6, 6.07) is 6.24. The Bertz CT molecular complexity index is 657. The zero-order valence-corrected chi connectivity index (χ0v) is 18.7. The lowest BCUT2D eigenvalue weighted by Gasteiger charge is -2.24. The van der Waals surface area contributed by atoms with Gasteiger partial charge >= 0.3 is 11.9 Å². The molecule has 162 valence electrons. The Morgan fingerprint density at radius 1 is 1.07 bits per heavy atom. The predicted octanol–water partition coefficient (Wildman–Crippen LogP) is 3.67. The van der Waals surface area contributed by atoms with Crippen LogP contribution >= 0.6 is 8.45 Å². The maximum absolute atomic E-state index is 11.8. The largest absolute Gasteiger partial charge is 0.465 e. The summed E-state index contributed by atoms with van der Waals surface area (Å²) < 4.78 is 16.3. The molecule has 1 saturated carbocycles. The van der Waals surface area contributed by atoms with Gasteiger partial charge in [-0.15, -0.1) is 0 Å². The fourth-order valence-electron chi connectivity index (χ4n) is 2.87. The summed E-state index contributed by atoms with van der Waals surface area (Å²) in [6.07, 6.45) is 3.49. The van der Waals surface area contributed by atoms with Crippen LogP contribution in [0.15, 0.2) is 18.2 Å². The zero-order valence-electron chi connectivity index (χ0n) is 17.8. The van der Waals surface area contributed by atoms with Crippen LogP contribution < -0.4 is 14.7 Å². The molecule has 0 atom stereocenters. The van der Waals surface area contributed by atoms with Gasteiger partial charge in [-0.3, -0.25) is 9.59 Å². The second-order valence-electron chi connectivity index (χ2n) is 7.30. The van der Waals surface area contributed by atoms with Gasteiger partial charge in [-0.25, -0.2) is 10.2 Å². The van der Waals surface area contributed by atoms with E-state index in [1.54, 1.807) is 13.8 Å². The van der Waals surface area contributed by atoms with Crippen molar-refractivity contribution in [2.75, 3.05) is 26.3 Å². The first-order valence-corrected chi connectivity index (χ1v) is 11.6. The van der Waals surface area contributed by atoms with Crippen molar-refractivity contribution in [1.29, 1.82) is 0 Å². The first-order chi connectivity index (χ1) is 13.9. The molecule has 29 heavy (non-hydrogen) atoms. The molecule has 0 bridgehead atoms. The molecule has 0 amide bonds. The van der Waals surface area contributed by atoms with Gasteiger partial charge in [-0.1, -0.05) is 32.0 Å². The van der Waals surface area contributed by atoms with Crippen molar-refractivity contribution in [2.24, 2.45) is 5.92 Å². The Kier molecular flexibility index (Phi) is 9.85. The van der Waals surface area contributed by atoms with Crippen molar-refractivity contribution in [1.82, 2.24) is 10.2 Å². The molecule has 1 aromatic rings. The highest BCUT2D eigenvalue weighted by atomic mass is 31.2. The van der Waals surface area contributed by atoms with Crippen molar-refractivity contribution in [2.45, 2.75) is 52.9 Å². The molecule has 0 saturated heterocycles. The normalized spacial score (nSPS) is 13.6. The van der Waals surface area contributed by atoms with Gasteiger partial charge in [-0.2, -0.15) is 0 Å². The van der Waals surface area contributed by atoms with Gasteiger partial charge in [0.05, 0.1) is 13.2 Å². The van der Waals surface area contributed by atoms with E-state index in [4.69, 9.17) is 14.0 Å². The molecule has 1 fully saturated rings. The second-order valence-corrected chi connectivity index (χ2v) is 8.71. The Labute approximate surface area is 174 Å². The molecule has 1 aliphatic rings. The van der Waals surface area contributed by atoms with Crippen LogP contribution in [0.3, 0.4) is 0 Å². The van der Waals surface area contributed by atoms with E-state index < -0.39 is 8.45 Å². The molecule has 1 aromatic carbocycles. The third-order valence-electron chi connectivity index (χ3n) is 4.48. The molecule has 7 nitrogen and oxygen atoms in total. The molecule has 8 heteroatoms. The molecule has 2 rings (SSSR count). The molecule has 0 spiro atoms. The van der Waals surface area contributed by atoms with E-state index in [1.165, 1.54) is 18.4 Å². The van der Waals surface area contributed by atoms with Gasteiger partial charge in [0.15, 0.2) is 0 Å². The van der Waals surface area contributed by atoms with E-state index in [-0.39, 0.29) is 30.9 Å². The lowest BCUT2D eigenvalue weighted by Crippen LogP contribution is -2.31. The molecular formula is C21H33N2O5P. The summed E-state index contributed by atoms with van der Waals surface area (Å²) in [6.45, 7) is 8.41. The standard InChI is InChI=1S/C21H33N2O5P/c1-5-26-19(24)13-22-29(23-14-20(25)27-6-2)28-21-17(12-16-10-11-16)8-7-9-18(21)15(3)4/h7-9,15-16,22-23H,5-6,10-14H2,1-4H3. The van der Waals surface area contributed by atoms with Crippen molar-refractivity contribution >= 4 is 20.4 Å². The molecule has 0 aliphatic heterocycles. The quantitative estimate of drug-likeness (QED) is 0.369. The number of hydrogen-bond acceptors (Lipinski definition) is 7. The minimum atomic E-state index is -1.49. The van der Waals surface area contributed by atoms with Crippen LogP contribution in [0.2, 0.25) is 0 Å². The minimum Gasteiger partial charge on any atom is -0.465 e. The van der Waals surface area contributed by atoms with Crippen molar-refractivity contribution in [3.8, 4) is 5.75 Å². The summed E-state index contributed by atoms with van der Waals surface area (Å²) in [5, 5.41) is 6.12. The Balaban J connectivity index is 2.16. The molecule has 1 aliphatic carbocycles. The van der Waals surface area contributed by atoms with Gasteiger partial charge in [-0.05, 0) is 56.1 Å². The number of ether oxygens (including phenoxy) is 2. The molecule has 0 radical (unpaired) electrons. The summed E-state index contributed by atoms with van der Waals surface area (Å²) in [7, 11) is -1.49. The average molecular weight is 424 g/mol. The van der Waals surface area contributed by atoms with Gasteiger partial charge in [0.1, 0.15) is 18.8 Å². The average Bonchev–Trinajstić information content (AvgIpc) is 3.49. The zero-order chi connectivity index (χ0) is 21.2. The van der Waals surface area contributed by atoms with E-state index in [0.717, 1.165) is 17.7 Å². The summed E-state index contributed by atoms with van der Waals surface area (Å²) in [4.78, 5) is 23.6. The maximum atomic E-state index is 11.8. The Morgan fingerprint density at radius 2 is 1.66 bits per heavy atom. The minimum absolute atomic E-state index is 0.00280. The van der Waals surface area contributed by atoms with Crippen LogP contribution in [0, 0.1) is 5.92 Å². The fraction of sp³-hybridized carbons (Fsp3) is 0.619. The van der Waals surface area contributed by atoms with Crippen molar-refractivity contribution in [3.05, 3.63) is 29.3 Å². The third kappa shape index (κ3) is 8.29. The SMILES string of the molecule is CCOC(=O)CNP(NCC(=O)OCC)Oc1c(CC2CC2)cccc1C(C)C. The summed E-state index contributed by atoms with van der Waals surface area (Å²) in [5.74, 6) is 1.11. The highest BCUT2D eigenvalue weighted by Crippen LogP contribution is 2.42. The predicted molar refractivity (Wildman–Crippen MR) is 114 cm³/mol. The molecular weight excluding hydrogens is 391 g/mol. The van der Waals surface area contributed by atoms with Crippen LogP contribution in [0.5, 0.6) is 5.75 Å². The number of benzene rings is 1. The van der Waals surface area contributed by atoms with Crippen molar-refractivity contribution in [3.63, 3.8) is 0 Å². The molecule has 0 aromatic heterocycles. The first-order valence-electron chi connectivity index (χ1n) is 10.3. The van der Waals surface area contributed by atoms with Crippen LogP contribution in [0.4, 0.5) is 0 Å². The first kappa shape index (κ1) is 23.6. The summed E-state index contributed by atoms with van der Waals surface area (Å²) in [5.41, 5.74) is 2.29. The lowest BCUT2D eigenvalue weighted by atomic mass is 9.97. The van der Waals surface area contributed by atoms with Gasteiger partial charge in [0.25, 0.3) is 0 Å². The van der Waals surface area contributed by atoms with E-state index in [0.29, 0.717) is 19.1 Å². The van der Waals surface area contributed by atoms with E-state index in [9.17, 15) is 9.59 Å². The monoisotopic (exact) mass is 424 g/mol. The van der Waals surface area contributed by atoms with Crippen LogP contribution in [-0.4, -0.2) is 38.2 Å². The van der Waals surface area contributed by atoms with E-state index in [2.05, 4.69) is 42.2 Å². The third-order valence-corrected chi connectivity index (χ3v) is 5.74. The smallest absolute Gasteiger partial charge is 0.320 e. The molecule has 2 N–H and O–H groups in total. The highest BCUT2D eigenvalue weighted by molar-refractivity contribution is 7.48. The number of hydrogen-bond donors (Lipinski definition) is 2. The van der Waals surface area contributed by atoms with E-state index in [1.807, 2.05) is 0 Å². The Morgan fingerprint density at radius 3 is 2.14 bits per heavy atom. The highest BCUT2D eigenvalue weighted by Gasteiger charge is 2.26. The Hall–Kier alpha value is -1.69.